The lowest BCUT2D eigenvalue weighted by Crippen LogP contribution is -2.44. The number of hydrogen-bond donors (Lipinski definition) is 2. The Morgan fingerprint density at radius 3 is 2.57 bits per heavy atom. The summed E-state index contributed by atoms with van der Waals surface area (Å²) in [4.78, 5) is 48.2. The van der Waals surface area contributed by atoms with Crippen LogP contribution < -0.4 is 5.32 Å². The molecule has 1 unspecified atom stereocenters. The Balaban J connectivity index is 2.35. The second-order valence-electron chi connectivity index (χ2n) is 4.61. The van der Waals surface area contributed by atoms with Crippen molar-refractivity contribution < 1.29 is 29.0 Å². The minimum atomic E-state index is -1.11. The summed E-state index contributed by atoms with van der Waals surface area (Å²) in [7, 11) is 2.67. The van der Waals surface area contributed by atoms with Gasteiger partial charge in [0.15, 0.2) is 6.04 Å². The summed E-state index contributed by atoms with van der Waals surface area (Å²) in [6.45, 7) is -0.385. The molecule has 0 spiro atoms. The van der Waals surface area contributed by atoms with Gasteiger partial charge in [-0.2, -0.15) is 0 Å². The van der Waals surface area contributed by atoms with E-state index in [1.165, 1.54) is 11.9 Å². The minimum absolute atomic E-state index is 0.0221. The first-order valence-electron chi connectivity index (χ1n) is 6.44. The number of imide groups is 1. The zero-order valence-electron chi connectivity index (χ0n) is 12.0. The normalized spacial score (nSPS) is 16.1. The van der Waals surface area contributed by atoms with Gasteiger partial charge in [0.2, 0.25) is 11.8 Å². The molecular weight excluding hydrogens is 282 g/mol. The maximum Gasteiger partial charge on any atom is 0.330 e. The standard InChI is InChI=1S/C12H19N3O6/c1-14-6-10(18)15(12(14)20)5-3-4-9(17)13-8(7-16)11(19)21-2/h8,16H,3-7H2,1-2H3,(H,13,17). The Morgan fingerprint density at radius 1 is 1.43 bits per heavy atom. The van der Waals surface area contributed by atoms with E-state index in [2.05, 4.69) is 10.1 Å². The lowest BCUT2D eigenvalue weighted by molar-refractivity contribution is -0.146. The highest BCUT2D eigenvalue weighted by atomic mass is 16.5. The molecule has 0 radical (unpaired) electrons. The fourth-order valence-corrected chi connectivity index (χ4v) is 1.87. The van der Waals surface area contributed by atoms with E-state index < -0.39 is 24.5 Å². The Bertz CT molecular complexity index is 439. The van der Waals surface area contributed by atoms with Gasteiger partial charge in [-0.25, -0.2) is 9.59 Å². The summed E-state index contributed by atoms with van der Waals surface area (Å²) >= 11 is 0. The quantitative estimate of drug-likeness (QED) is 0.428. The smallest absolute Gasteiger partial charge is 0.330 e. The number of amides is 4. The lowest BCUT2D eigenvalue weighted by atomic mass is 10.2. The number of aliphatic hydroxyl groups is 1. The maximum atomic E-state index is 11.6. The van der Waals surface area contributed by atoms with Crippen molar-refractivity contribution in [3.8, 4) is 0 Å². The summed E-state index contributed by atoms with van der Waals surface area (Å²) < 4.78 is 4.41. The molecule has 2 N–H and O–H groups in total. The van der Waals surface area contributed by atoms with Crippen molar-refractivity contribution in [3.63, 3.8) is 0 Å². The molecule has 0 aromatic rings. The van der Waals surface area contributed by atoms with Gasteiger partial charge in [0.1, 0.15) is 6.54 Å². The predicted molar refractivity (Wildman–Crippen MR) is 70.0 cm³/mol. The van der Waals surface area contributed by atoms with Crippen molar-refractivity contribution >= 4 is 23.8 Å². The number of hydrogen-bond acceptors (Lipinski definition) is 6. The largest absolute Gasteiger partial charge is 0.467 e. The number of carbonyl (C=O) groups excluding carboxylic acids is 4. The van der Waals surface area contributed by atoms with Crippen molar-refractivity contribution in [2.24, 2.45) is 0 Å². The van der Waals surface area contributed by atoms with Crippen LogP contribution in [-0.4, -0.2) is 78.6 Å². The number of ether oxygens (including phenoxy) is 1. The van der Waals surface area contributed by atoms with Crippen LogP contribution in [-0.2, 0) is 19.1 Å². The SMILES string of the molecule is COC(=O)C(CO)NC(=O)CCCN1C(=O)CN(C)C1=O. The zero-order chi connectivity index (χ0) is 16.0. The summed E-state index contributed by atoms with van der Waals surface area (Å²) in [5.41, 5.74) is 0. The van der Waals surface area contributed by atoms with Crippen molar-refractivity contribution in [2.75, 3.05) is 33.9 Å². The Labute approximate surface area is 121 Å². The number of urea groups is 1. The van der Waals surface area contributed by atoms with Crippen molar-refractivity contribution in [2.45, 2.75) is 18.9 Å². The van der Waals surface area contributed by atoms with Gasteiger partial charge in [0.25, 0.3) is 0 Å². The number of aliphatic hydroxyl groups excluding tert-OH is 1. The van der Waals surface area contributed by atoms with Gasteiger partial charge in [-0.05, 0) is 6.42 Å². The van der Waals surface area contributed by atoms with E-state index in [0.717, 1.165) is 12.0 Å². The number of carbonyl (C=O) groups is 4. The molecule has 1 saturated heterocycles. The third-order valence-electron chi connectivity index (χ3n) is 3.02. The van der Waals surface area contributed by atoms with Gasteiger partial charge in [0.05, 0.1) is 13.7 Å². The van der Waals surface area contributed by atoms with E-state index in [4.69, 9.17) is 5.11 Å². The molecule has 1 fully saturated rings. The topological polar surface area (TPSA) is 116 Å². The molecule has 1 aliphatic heterocycles. The molecular formula is C12H19N3O6. The average molecular weight is 301 g/mol. The molecule has 0 aromatic heterocycles. The van der Waals surface area contributed by atoms with Gasteiger partial charge in [-0.1, -0.05) is 0 Å². The second kappa shape index (κ2) is 7.58. The van der Waals surface area contributed by atoms with Crippen LogP contribution in [0, 0.1) is 0 Å². The van der Waals surface area contributed by atoms with Gasteiger partial charge in [-0.3, -0.25) is 14.5 Å². The number of nitrogens with one attached hydrogen (secondary N) is 1. The van der Waals surface area contributed by atoms with Crippen LogP contribution in [0.25, 0.3) is 0 Å². The highest BCUT2D eigenvalue weighted by molar-refractivity contribution is 6.01. The first-order chi connectivity index (χ1) is 9.90. The Kier molecular flexibility index (Phi) is 6.10. The number of esters is 1. The number of rotatable bonds is 7. The van der Waals surface area contributed by atoms with Crippen LogP contribution in [0.5, 0.6) is 0 Å². The molecule has 9 nitrogen and oxygen atoms in total. The Hall–Kier alpha value is -2.16. The average Bonchev–Trinajstić information content (AvgIpc) is 2.70. The molecule has 0 bridgehead atoms. The summed E-state index contributed by atoms with van der Waals surface area (Å²) in [6, 6.07) is -1.49. The van der Waals surface area contributed by atoms with E-state index in [1.807, 2.05) is 0 Å². The van der Waals surface area contributed by atoms with Crippen molar-refractivity contribution in [1.29, 1.82) is 0 Å². The zero-order valence-corrected chi connectivity index (χ0v) is 12.0. The summed E-state index contributed by atoms with van der Waals surface area (Å²) in [6.07, 6.45) is 0.296. The fourth-order valence-electron chi connectivity index (χ4n) is 1.87. The summed E-state index contributed by atoms with van der Waals surface area (Å²) in [5.74, 6) is -1.50. The lowest BCUT2D eigenvalue weighted by Gasteiger charge is -2.15. The molecule has 21 heavy (non-hydrogen) atoms. The van der Waals surface area contributed by atoms with Crippen LogP contribution >= 0.6 is 0 Å². The first-order valence-corrected chi connectivity index (χ1v) is 6.44. The van der Waals surface area contributed by atoms with Gasteiger partial charge >= 0.3 is 12.0 Å². The molecule has 9 heteroatoms. The third-order valence-corrected chi connectivity index (χ3v) is 3.02. The molecule has 1 heterocycles. The Morgan fingerprint density at radius 2 is 2.10 bits per heavy atom. The van der Waals surface area contributed by atoms with Gasteiger partial charge < -0.3 is 20.1 Å². The molecule has 1 rings (SSSR count). The van der Waals surface area contributed by atoms with Gasteiger partial charge in [-0.15, -0.1) is 0 Å². The van der Waals surface area contributed by atoms with Crippen LogP contribution in [0.4, 0.5) is 4.79 Å². The van der Waals surface area contributed by atoms with E-state index in [9.17, 15) is 19.2 Å². The number of methoxy groups -OCH3 is 1. The van der Waals surface area contributed by atoms with E-state index >= 15 is 0 Å². The monoisotopic (exact) mass is 301 g/mol. The predicted octanol–water partition coefficient (Wildman–Crippen LogP) is -1.69. The van der Waals surface area contributed by atoms with Crippen molar-refractivity contribution in [3.05, 3.63) is 0 Å². The highest BCUT2D eigenvalue weighted by Gasteiger charge is 2.32. The van der Waals surface area contributed by atoms with E-state index in [1.54, 1.807) is 0 Å². The van der Waals surface area contributed by atoms with Crippen molar-refractivity contribution in [1.82, 2.24) is 15.1 Å². The molecule has 1 atom stereocenters. The molecule has 4 amide bonds. The van der Waals surface area contributed by atoms with Crippen LogP contribution in [0.15, 0.2) is 0 Å². The number of likely N-dealkylation sites (N-methyl/N-ethyl adjacent to an activating group) is 1. The molecule has 0 aliphatic carbocycles. The fraction of sp³-hybridized carbons (Fsp3) is 0.667. The molecule has 0 saturated carbocycles. The van der Waals surface area contributed by atoms with E-state index in [-0.39, 0.29) is 37.9 Å². The summed E-state index contributed by atoms with van der Waals surface area (Å²) in [5, 5.41) is 11.3. The minimum Gasteiger partial charge on any atom is -0.467 e. The second-order valence-corrected chi connectivity index (χ2v) is 4.61. The first kappa shape index (κ1) is 16.9. The molecule has 0 aromatic carbocycles. The highest BCUT2D eigenvalue weighted by Crippen LogP contribution is 2.09. The molecule has 1 aliphatic rings. The van der Waals surface area contributed by atoms with Crippen LogP contribution in [0.1, 0.15) is 12.8 Å². The number of nitrogens with zero attached hydrogens (tertiary/aromatic N) is 2. The maximum absolute atomic E-state index is 11.6. The van der Waals surface area contributed by atoms with Gasteiger partial charge in [0, 0.05) is 20.0 Å². The van der Waals surface area contributed by atoms with Crippen LogP contribution in [0.3, 0.4) is 0 Å². The van der Waals surface area contributed by atoms with E-state index in [0.29, 0.717) is 0 Å². The van der Waals surface area contributed by atoms with Crippen LogP contribution in [0.2, 0.25) is 0 Å². The third kappa shape index (κ3) is 4.42. The molecule has 118 valence electrons.